The highest BCUT2D eigenvalue weighted by atomic mass is 16.6. The molecule has 3 rings (SSSR count). The zero-order valence-electron chi connectivity index (χ0n) is 12.2. The summed E-state index contributed by atoms with van der Waals surface area (Å²) in [6, 6.07) is 13.9. The molecule has 1 saturated heterocycles. The first kappa shape index (κ1) is 13.6. The van der Waals surface area contributed by atoms with Crippen molar-refractivity contribution in [2.24, 2.45) is 0 Å². The van der Waals surface area contributed by atoms with Crippen LogP contribution in [-0.2, 0) is 10.5 Å². The minimum Gasteiger partial charge on any atom is -0.361 e. The van der Waals surface area contributed by atoms with Gasteiger partial charge in [-0.2, -0.15) is 0 Å². The van der Waals surface area contributed by atoms with Crippen molar-refractivity contribution >= 4 is 10.8 Å². The van der Waals surface area contributed by atoms with Crippen LogP contribution in [0.15, 0.2) is 42.5 Å². The molecule has 2 N–H and O–H groups in total. The Morgan fingerprint density at radius 2 is 1.85 bits per heavy atom. The molecular formula is C17H21NO2. The summed E-state index contributed by atoms with van der Waals surface area (Å²) in [7, 11) is 0. The van der Waals surface area contributed by atoms with E-state index in [1.54, 1.807) is 0 Å². The molecule has 2 unspecified atom stereocenters. The molecule has 0 saturated carbocycles. The predicted octanol–water partition coefficient (Wildman–Crippen LogP) is 2.77. The molecular weight excluding hydrogens is 250 g/mol. The Kier molecular flexibility index (Phi) is 3.09. The topological polar surface area (TPSA) is 41.5 Å². The third-order valence-corrected chi connectivity index (χ3v) is 4.01. The lowest BCUT2D eigenvalue weighted by Crippen LogP contribution is -2.63. The summed E-state index contributed by atoms with van der Waals surface area (Å²) >= 11 is 0. The lowest BCUT2D eigenvalue weighted by molar-refractivity contribution is -0.263. The molecule has 20 heavy (non-hydrogen) atoms. The second kappa shape index (κ2) is 4.55. The lowest BCUT2D eigenvalue weighted by atomic mass is 9.91. The Morgan fingerprint density at radius 3 is 2.55 bits per heavy atom. The molecule has 2 atom stereocenters. The zero-order chi connectivity index (χ0) is 14.4. The highest BCUT2D eigenvalue weighted by molar-refractivity contribution is 5.83. The molecule has 1 aliphatic rings. The number of aliphatic hydroxyl groups is 1. The van der Waals surface area contributed by atoms with Crippen molar-refractivity contribution < 1.29 is 9.84 Å². The normalized spacial score (nSPS) is 29.5. The Bertz CT molecular complexity index is 638. The average Bonchev–Trinajstić information content (AvgIpc) is 2.42. The van der Waals surface area contributed by atoms with Gasteiger partial charge in [0, 0.05) is 11.1 Å². The third kappa shape index (κ3) is 2.22. The zero-order valence-corrected chi connectivity index (χ0v) is 12.2. The number of morpholine rings is 1. The average molecular weight is 271 g/mol. The molecule has 3 heteroatoms. The molecule has 106 valence electrons. The fourth-order valence-corrected chi connectivity index (χ4v) is 2.89. The number of nitrogens with one attached hydrogen (secondary N) is 1. The summed E-state index contributed by atoms with van der Waals surface area (Å²) in [5, 5.41) is 16.6. The lowest BCUT2D eigenvalue weighted by Gasteiger charge is -2.46. The van der Waals surface area contributed by atoms with E-state index in [0.717, 1.165) is 16.3 Å². The van der Waals surface area contributed by atoms with Gasteiger partial charge < -0.3 is 15.2 Å². The molecule has 1 fully saturated rings. The number of hydrogen-bond acceptors (Lipinski definition) is 3. The monoisotopic (exact) mass is 271 g/mol. The van der Waals surface area contributed by atoms with E-state index >= 15 is 0 Å². The molecule has 2 aromatic carbocycles. The predicted molar refractivity (Wildman–Crippen MR) is 80.5 cm³/mol. The molecule has 0 aliphatic carbocycles. The Morgan fingerprint density at radius 1 is 1.15 bits per heavy atom. The van der Waals surface area contributed by atoms with Gasteiger partial charge in [-0.1, -0.05) is 36.4 Å². The van der Waals surface area contributed by atoms with Crippen LogP contribution in [0, 0.1) is 0 Å². The van der Waals surface area contributed by atoms with Crippen molar-refractivity contribution in [3.63, 3.8) is 0 Å². The van der Waals surface area contributed by atoms with Crippen molar-refractivity contribution in [1.29, 1.82) is 0 Å². The van der Waals surface area contributed by atoms with Gasteiger partial charge in [-0.15, -0.1) is 0 Å². The van der Waals surface area contributed by atoms with E-state index in [1.165, 1.54) is 0 Å². The van der Waals surface area contributed by atoms with E-state index in [4.69, 9.17) is 4.74 Å². The van der Waals surface area contributed by atoms with Crippen LogP contribution in [0.25, 0.3) is 10.8 Å². The van der Waals surface area contributed by atoms with Crippen LogP contribution in [0.4, 0.5) is 0 Å². The van der Waals surface area contributed by atoms with Crippen LogP contribution in [0.2, 0.25) is 0 Å². The summed E-state index contributed by atoms with van der Waals surface area (Å²) in [6.07, 6.45) is 0. The summed E-state index contributed by atoms with van der Waals surface area (Å²) in [5.41, 5.74) is 0.675. The molecule has 0 spiro atoms. The van der Waals surface area contributed by atoms with Gasteiger partial charge in [0.2, 0.25) is 5.79 Å². The number of rotatable bonds is 1. The summed E-state index contributed by atoms with van der Waals surface area (Å²) in [4.78, 5) is 0. The molecule has 1 aliphatic heterocycles. The highest BCUT2D eigenvalue weighted by Crippen LogP contribution is 2.34. The molecule has 1 heterocycles. The van der Waals surface area contributed by atoms with Gasteiger partial charge in [0.15, 0.2) is 0 Å². The minimum absolute atomic E-state index is 0.123. The summed E-state index contributed by atoms with van der Waals surface area (Å²) < 4.78 is 5.82. The Labute approximate surface area is 119 Å². The maximum atomic E-state index is 10.9. The van der Waals surface area contributed by atoms with Crippen molar-refractivity contribution in [3.05, 3.63) is 48.0 Å². The number of hydrogen-bond donors (Lipinski definition) is 2. The fourth-order valence-electron chi connectivity index (χ4n) is 2.89. The maximum absolute atomic E-state index is 10.9. The van der Waals surface area contributed by atoms with E-state index < -0.39 is 5.79 Å². The van der Waals surface area contributed by atoms with E-state index in [2.05, 4.69) is 25.2 Å². The summed E-state index contributed by atoms with van der Waals surface area (Å²) in [5.74, 6) is -1.28. The van der Waals surface area contributed by atoms with Gasteiger partial charge in [0.05, 0.1) is 12.6 Å². The van der Waals surface area contributed by atoms with Crippen LogP contribution < -0.4 is 5.32 Å². The van der Waals surface area contributed by atoms with Gasteiger partial charge in [0.1, 0.15) is 0 Å². The van der Waals surface area contributed by atoms with Gasteiger partial charge in [-0.3, -0.25) is 0 Å². The first-order chi connectivity index (χ1) is 9.41. The van der Waals surface area contributed by atoms with Crippen LogP contribution in [0.5, 0.6) is 0 Å². The Balaban J connectivity index is 2.01. The first-order valence-electron chi connectivity index (χ1n) is 7.04. The van der Waals surface area contributed by atoms with E-state index in [0.29, 0.717) is 6.61 Å². The van der Waals surface area contributed by atoms with Crippen molar-refractivity contribution in [3.8, 4) is 0 Å². The maximum Gasteiger partial charge on any atom is 0.208 e. The molecule has 0 aromatic heterocycles. The van der Waals surface area contributed by atoms with E-state index in [1.807, 2.05) is 43.3 Å². The molecule has 0 amide bonds. The van der Waals surface area contributed by atoms with Crippen molar-refractivity contribution in [2.45, 2.75) is 38.1 Å². The Hall–Kier alpha value is -1.42. The number of fused-ring (bicyclic) bond motifs is 1. The second-order valence-corrected chi connectivity index (χ2v) is 6.30. The van der Waals surface area contributed by atoms with Gasteiger partial charge in [-0.25, -0.2) is 0 Å². The van der Waals surface area contributed by atoms with Gasteiger partial charge >= 0.3 is 0 Å². The van der Waals surface area contributed by atoms with Gasteiger partial charge in [-0.05, 0) is 37.6 Å². The van der Waals surface area contributed by atoms with Crippen molar-refractivity contribution in [2.75, 3.05) is 6.61 Å². The van der Waals surface area contributed by atoms with E-state index in [9.17, 15) is 5.11 Å². The van der Waals surface area contributed by atoms with Crippen molar-refractivity contribution in [1.82, 2.24) is 5.32 Å². The number of ether oxygens (including phenoxy) is 1. The molecule has 0 radical (unpaired) electrons. The SMILES string of the molecule is CC1NC(C)(C)COC1(O)c1ccc2ccccc2c1. The molecule has 0 bridgehead atoms. The van der Waals surface area contributed by atoms with E-state index in [-0.39, 0.29) is 11.6 Å². The standard InChI is InChI=1S/C17H21NO2/c1-12-17(19,20-11-16(2,3)18-12)15-9-8-13-6-4-5-7-14(13)10-15/h4-10,12,18-19H,11H2,1-3H3. The minimum atomic E-state index is -1.28. The van der Waals surface area contributed by atoms with Crippen LogP contribution in [0.3, 0.4) is 0 Å². The van der Waals surface area contributed by atoms with Crippen LogP contribution in [-0.4, -0.2) is 23.3 Å². The molecule has 3 nitrogen and oxygen atoms in total. The first-order valence-corrected chi connectivity index (χ1v) is 7.04. The number of benzene rings is 2. The van der Waals surface area contributed by atoms with Crippen LogP contribution >= 0.6 is 0 Å². The fraction of sp³-hybridized carbons (Fsp3) is 0.412. The summed E-state index contributed by atoms with van der Waals surface area (Å²) in [6.45, 7) is 6.57. The third-order valence-electron chi connectivity index (χ3n) is 4.01. The smallest absolute Gasteiger partial charge is 0.208 e. The molecule has 2 aromatic rings. The largest absolute Gasteiger partial charge is 0.361 e. The highest BCUT2D eigenvalue weighted by Gasteiger charge is 2.44. The second-order valence-electron chi connectivity index (χ2n) is 6.30. The van der Waals surface area contributed by atoms with Gasteiger partial charge in [0.25, 0.3) is 0 Å². The quantitative estimate of drug-likeness (QED) is 0.838. The van der Waals surface area contributed by atoms with Crippen LogP contribution in [0.1, 0.15) is 26.3 Å².